The van der Waals surface area contributed by atoms with Crippen LogP contribution >= 0.6 is 0 Å². The number of carbonyl (C=O) groups excluding carboxylic acids is 1. The molecule has 0 fully saturated rings. The number of hydrogen-bond donors (Lipinski definition) is 1. The summed E-state index contributed by atoms with van der Waals surface area (Å²) >= 11 is 0. The van der Waals surface area contributed by atoms with Crippen LogP contribution in [0.3, 0.4) is 0 Å². The quantitative estimate of drug-likeness (QED) is 0.789. The van der Waals surface area contributed by atoms with Gasteiger partial charge >= 0.3 is 6.18 Å². The number of hydrogen-bond acceptors (Lipinski definition) is 4. The van der Waals surface area contributed by atoms with Crippen LogP contribution in [0.1, 0.15) is 37.6 Å². The molecule has 1 aromatic carbocycles. The van der Waals surface area contributed by atoms with Crippen LogP contribution in [0.5, 0.6) is 5.75 Å². The fourth-order valence-electron chi connectivity index (χ4n) is 2.26. The lowest BCUT2D eigenvalue weighted by Crippen LogP contribution is -2.33. The van der Waals surface area contributed by atoms with Gasteiger partial charge in [0.1, 0.15) is 11.6 Å². The molecule has 0 aliphatic heterocycles. The zero-order chi connectivity index (χ0) is 19.2. The summed E-state index contributed by atoms with van der Waals surface area (Å²) in [5.41, 5.74) is 0.975. The van der Waals surface area contributed by atoms with E-state index in [0.29, 0.717) is 12.2 Å². The number of amides is 1. The highest BCUT2D eigenvalue weighted by atomic mass is 19.4. The predicted octanol–water partition coefficient (Wildman–Crippen LogP) is 4.38. The molecule has 1 unspecified atom stereocenters. The molecule has 0 saturated heterocycles. The molecule has 0 aliphatic carbocycles. The Morgan fingerprint density at radius 2 is 2.08 bits per heavy atom. The van der Waals surface area contributed by atoms with Crippen molar-refractivity contribution in [3.63, 3.8) is 0 Å². The van der Waals surface area contributed by atoms with Gasteiger partial charge in [0.2, 0.25) is 5.82 Å². The second-order valence-electron chi connectivity index (χ2n) is 5.82. The summed E-state index contributed by atoms with van der Waals surface area (Å²) in [4.78, 5) is 19.0. The second kappa shape index (κ2) is 8.64. The van der Waals surface area contributed by atoms with E-state index in [1.807, 2.05) is 19.9 Å². The van der Waals surface area contributed by atoms with E-state index in [1.54, 1.807) is 18.2 Å². The molecule has 0 bridgehead atoms. The molecule has 26 heavy (non-hydrogen) atoms. The first-order valence-corrected chi connectivity index (χ1v) is 8.24. The van der Waals surface area contributed by atoms with Gasteiger partial charge in [0.25, 0.3) is 5.91 Å². The van der Waals surface area contributed by atoms with Gasteiger partial charge in [-0.05, 0) is 43.5 Å². The first kappa shape index (κ1) is 19.7. The van der Waals surface area contributed by atoms with Crippen LogP contribution in [0.4, 0.5) is 19.0 Å². The summed E-state index contributed by atoms with van der Waals surface area (Å²) in [6, 6.07) is 8.42. The zero-order valence-electron chi connectivity index (χ0n) is 14.5. The van der Waals surface area contributed by atoms with Crippen molar-refractivity contribution in [3.05, 3.63) is 47.9 Å². The highest BCUT2D eigenvalue weighted by Gasteiger charge is 2.35. The number of anilines is 1. The highest BCUT2D eigenvalue weighted by molar-refractivity contribution is 5.93. The topological polar surface area (TPSA) is 64.1 Å². The third-order valence-electron chi connectivity index (χ3n) is 3.54. The van der Waals surface area contributed by atoms with Gasteiger partial charge in [-0.25, -0.2) is 9.97 Å². The SMILES string of the molecule is CCCCC(Oc1cccc(C)c1)C(=O)Nc1ccnc(C(F)(F)F)n1. The van der Waals surface area contributed by atoms with E-state index in [0.717, 1.165) is 24.6 Å². The molecule has 1 heterocycles. The molecular formula is C18H20F3N3O2. The van der Waals surface area contributed by atoms with Crippen LogP contribution in [0.25, 0.3) is 0 Å². The molecule has 140 valence electrons. The van der Waals surface area contributed by atoms with Crippen molar-refractivity contribution in [2.45, 2.75) is 45.4 Å². The monoisotopic (exact) mass is 367 g/mol. The standard InChI is InChI=1S/C18H20F3N3O2/c1-3-4-8-14(26-13-7-5-6-12(2)11-13)16(25)23-15-9-10-22-17(24-15)18(19,20)21/h5-7,9-11,14H,3-4,8H2,1-2H3,(H,22,23,24,25). The number of ether oxygens (including phenoxy) is 1. The van der Waals surface area contributed by atoms with E-state index in [-0.39, 0.29) is 5.82 Å². The lowest BCUT2D eigenvalue weighted by Gasteiger charge is -2.19. The lowest BCUT2D eigenvalue weighted by atomic mass is 10.1. The van der Waals surface area contributed by atoms with Crippen LogP contribution in [0.15, 0.2) is 36.5 Å². The van der Waals surface area contributed by atoms with Crippen molar-refractivity contribution in [2.24, 2.45) is 0 Å². The number of aryl methyl sites for hydroxylation is 1. The molecule has 8 heteroatoms. The predicted molar refractivity (Wildman–Crippen MR) is 90.8 cm³/mol. The van der Waals surface area contributed by atoms with Crippen LogP contribution in [0, 0.1) is 6.92 Å². The summed E-state index contributed by atoms with van der Waals surface area (Å²) in [5.74, 6) is -1.54. The van der Waals surface area contributed by atoms with Gasteiger partial charge < -0.3 is 10.1 Å². The second-order valence-corrected chi connectivity index (χ2v) is 5.82. The third kappa shape index (κ3) is 5.72. The molecule has 2 rings (SSSR count). The van der Waals surface area contributed by atoms with Gasteiger partial charge in [0.15, 0.2) is 6.10 Å². The Morgan fingerprint density at radius 1 is 1.31 bits per heavy atom. The summed E-state index contributed by atoms with van der Waals surface area (Å²) in [6.45, 7) is 3.87. The van der Waals surface area contributed by atoms with Crippen molar-refractivity contribution < 1.29 is 22.7 Å². The van der Waals surface area contributed by atoms with Crippen molar-refractivity contribution in [3.8, 4) is 5.75 Å². The van der Waals surface area contributed by atoms with Crippen LogP contribution < -0.4 is 10.1 Å². The molecule has 1 amide bonds. The van der Waals surface area contributed by atoms with Crippen molar-refractivity contribution in [1.82, 2.24) is 9.97 Å². The summed E-state index contributed by atoms with van der Waals surface area (Å²) < 4.78 is 43.8. The maximum atomic E-state index is 12.7. The molecule has 1 aromatic heterocycles. The fourth-order valence-corrected chi connectivity index (χ4v) is 2.26. The Hall–Kier alpha value is -2.64. The number of alkyl halides is 3. The van der Waals surface area contributed by atoms with Crippen LogP contribution in [-0.4, -0.2) is 22.0 Å². The Bertz CT molecular complexity index is 750. The average molecular weight is 367 g/mol. The number of nitrogens with one attached hydrogen (secondary N) is 1. The van der Waals surface area contributed by atoms with E-state index in [2.05, 4.69) is 15.3 Å². The van der Waals surface area contributed by atoms with Crippen LogP contribution in [-0.2, 0) is 11.0 Å². The van der Waals surface area contributed by atoms with Crippen LogP contribution in [0.2, 0.25) is 0 Å². The number of rotatable bonds is 7. The molecular weight excluding hydrogens is 347 g/mol. The Kier molecular flexibility index (Phi) is 6.54. The Morgan fingerprint density at radius 3 is 2.73 bits per heavy atom. The third-order valence-corrected chi connectivity index (χ3v) is 3.54. The summed E-state index contributed by atoms with van der Waals surface area (Å²) in [6.07, 6.45) is -2.53. The Balaban J connectivity index is 2.13. The molecule has 0 saturated carbocycles. The van der Waals surface area contributed by atoms with E-state index >= 15 is 0 Å². The van der Waals surface area contributed by atoms with E-state index in [1.165, 1.54) is 6.07 Å². The molecule has 0 aliphatic rings. The van der Waals surface area contributed by atoms with Crippen molar-refractivity contribution in [1.29, 1.82) is 0 Å². The normalized spacial score (nSPS) is 12.5. The molecule has 0 spiro atoms. The molecule has 1 N–H and O–H groups in total. The first-order valence-electron chi connectivity index (χ1n) is 8.24. The van der Waals surface area contributed by atoms with Crippen molar-refractivity contribution >= 4 is 11.7 Å². The molecule has 0 radical (unpaired) electrons. The minimum Gasteiger partial charge on any atom is -0.481 e. The highest BCUT2D eigenvalue weighted by Crippen LogP contribution is 2.26. The van der Waals surface area contributed by atoms with E-state index in [4.69, 9.17) is 4.74 Å². The van der Waals surface area contributed by atoms with Gasteiger partial charge in [0.05, 0.1) is 0 Å². The number of halogens is 3. The van der Waals surface area contributed by atoms with Crippen molar-refractivity contribution in [2.75, 3.05) is 5.32 Å². The first-order chi connectivity index (χ1) is 12.3. The average Bonchev–Trinajstić information content (AvgIpc) is 2.58. The molecule has 1 atom stereocenters. The number of unbranched alkanes of at least 4 members (excludes halogenated alkanes) is 1. The van der Waals surface area contributed by atoms with E-state index in [9.17, 15) is 18.0 Å². The largest absolute Gasteiger partial charge is 0.481 e. The zero-order valence-corrected chi connectivity index (χ0v) is 14.5. The van der Waals surface area contributed by atoms with Gasteiger partial charge in [0, 0.05) is 6.20 Å². The smallest absolute Gasteiger partial charge is 0.451 e. The minimum absolute atomic E-state index is 0.216. The number of nitrogens with zero attached hydrogens (tertiary/aromatic N) is 2. The number of aromatic nitrogens is 2. The molecule has 5 nitrogen and oxygen atoms in total. The van der Waals surface area contributed by atoms with Gasteiger partial charge in [-0.2, -0.15) is 13.2 Å². The van der Waals surface area contributed by atoms with Gasteiger partial charge in [-0.3, -0.25) is 4.79 Å². The summed E-state index contributed by atoms with van der Waals surface area (Å²) in [5, 5.41) is 2.38. The fraction of sp³-hybridized carbons (Fsp3) is 0.389. The number of benzene rings is 1. The maximum Gasteiger partial charge on any atom is 0.451 e. The number of carbonyl (C=O) groups is 1. The lowest BCUT2D eigenvalue weighted by molar-refractivity contribution is -0.145. The van der Waals surface area contributed by atoms with Gasteiger partial charge in [-0.15, -0.1) is 0 Å². The minimum atomic E-state index is -4.68. The summed E-state index contributed by atoms with van der Waals surface area (Å²) in [7, 11) is 0. The van der Waals surface area contributed by atoms with E-state index < -0.39 is 24.0 Å². The maximum absolute atomic E-state index is 12.7. The van der Waals surface area contributed by atoms with Gasteiger partial charge in [-0.1, -0.05) is 25.5 Å². The Labute approximate surface area is 149 Å². The molecule has 2 aromatic rings.